The van der Waals surface area contributed by atoms with Gasteiger partial charge in [-0.25, -0.2) is 0 Å². The van der Waals surface area contributed by atoms with E-state index in [2.05, 4.69) is 29.1 Å². The number of nitrogens with one attached hydrogen (secondary N) is 1. The molecule has 1 atom stereocenters. The van der Waals surface area contributed by atoms with Crippen molar-refractivity contribution in [3.05, 3.63) is 23.0 Å². The van der Waals surface area contributed by atoms with Gasteiger partial charge < -0.3 is 24.4 Å². The number of rotatable bonds is 5. The Hall–Kier alpha value is -1.24. The predicted octanol–water partition coefficient (Wildman–Crippen LogP) is 1.41. The third kappa shape index (κ3) is 5.41. The monoisotopic (exact) mass is 341 g/mol. The zero-order chi connectivity index (χ0) is 16.8. The van der Waals surface area contributed by atoms with Crippen LogP contribution in [0.5, 0.6) is 0 Å². The average Bonchev–Trinajstić information content (AvgIpc) is 2.81. The Morgan fingerprint density at radius 3 is 2.91 bits per heavy atom. The maximum atomic E-state index is 6.06. The SMILES string of the molecule is CCNC(=NCC1CN(C)CCO1)N(C)Cc1cc(Cl)cn1C. The first-order valence-corrected chi connectivity index (χ1v) is 8.47. The molecule has 1 saturated heterocycles. The second kappa shape index (κ2) is 8.57. The van der Waals surface area contributed by atoms with Crippen LogP contribution in [0.4, 0.5) is 0 Å². The third-order valence-electron chi connectivity index (χ3n) is 3.96. The molecule has 23 heavy (non-hydrogen) atoms. The Labute approximate surface area is 144 Å². The highest BCUT2D eigenvalue weighted by atomic mass is 35.5. The first-order valence-electron chi connectivity index (χ1n) is 8.10. The number of ether oxygens (including phenoxy) is 1. The fourth-order valence-corrected chi connectivity index (χ4v) is 2.95. The molecule has 1 aliphatic heterocycles. The Balaban J connectivity index is 1.98. The molecule has 1 fully saturated rings. The van der Waals surface area contributed by atoms with Crippen molar-refractivity contribution >= 4 is 17.6 Å². The fourth-order valence-electron chi connectivity index (χ4n) is 2.68. The maximum Gasteiger partial charge on any atom is 0.194 e. The van der Waals surface area contributed by atoms with Crippen molar-refractivity contribution in [1.29, 1.82) is 0 Å². The lowest BCUT2D eigenvalue weighted by Crippen LogP contribution is -2.43. The van der Waals surface area contributed by atoms with Gasteiger partial charge in [-0.2, -0.15) is 0 Å². The second-order valence-corrected chi connectivity index (χ2v) is 6.50. The van der Waals surface area contributed by atoms with Crippen LogP contribution in [0.25, 0.3) is 0 Å². The van der Waals surface area contributed by atoms with Gasteiger partial charge in [-0.05, 0) is 20.0 Å². The molecule has 1 aliphatic rings. The van der Waals surface area contributed by atoms with Crippen LogP contribution >= 0.6 is 11.6 Å². The number of halogens is 1. The molecule has 130 valence electrons. The predicted molar refractivity (Wildman–Crippen MR) is 95.1 cm³/mol. The van der Waals surface area contributed by atoms with Gasteiger partial charge in [0, 0.05) is 45.6 Å². The van der Waals surface area contributed by atoms with Crippen LogP contribution < -0.4 is 5.32 Å². The van der Waals surface area contributed by atoms with Crippen molar-refractivity contribution in [1.82, 2.24) is 19.7 Å². The molecule has 1 unspecified atom stereocenters. The molecule has 2 rings (SSSR count). The summed E-state index contributed by atoms with van der Waals surface area (Å²) in [5.74, 6) is 0.890. The van der Waals surface area contributed by atoms with Gasteiger partial charge in [0.05, 0.1) is 30.8 Å². The topological polar surface area (TPSA) is 45.0 Å². The summed E-state index contributed by atoms with van der Waals surface area (Å²) in [7, 11) is 6.16. The van der Waals surface area contributed by atoms with Gasteiger partial charge in [0.25, 0.3) is 0 Å². The molecule has 7 heteroatoms. The van der Waals surface area contributed by atoms with Gasteiger partial charge in [0.2, 0.25) is 0 Å². The third-order valence-corrected chi connectivity index (χ3v) is 4.16. The summed E-state index contributed by atoms with van der Waals surface area (Å²) in [6.45, 7) is 7.04. The number of hydrogen-bond donors (Lipinski definition) is 1. The van der Waals surface area contributed by atoms with Crippen LogP contribution in [0.1, 0.15) is 12.6 Å². The van der Waals surface area contributed by atoms with Crippen LogP contribution in [0.3, 0.4) is 0 Å². The number of nitrogens with zero attached hydrogens (tertiary/aromatic N) is 4. The summed E-state index contributed by atoms with van der Waals surface area (Å²) >= 11 is 6.06. The minimum absolute atomic E-state index is 0.167. The quantitative estimate of drug-likeness (QED) is 0.649. The zero-order valence-corrected chi connectivity index (χ0v) is 15.3. The van der Waals surface area contributed by atoms with Gasteiger partial charge >= 0.3 is 0 Å². The summed E-state index contributed by atoms with van der Waals surface area (Å²) in [6.07, 6.45) is 2.08. The summed E-state index contributed by atoms with van der Waals surface area (Å²) < 4.78 is 7.82. The molecule has 1 aromatic rings. The number of guanidine groups is 1. The second-order valence-electron chi connectivity index (χ2n) is 6.07. The number of morpholine rings is 1. The van der Waals surface area contributed by atoms with E-state index in [1.165, 1.54) is 0 Å². The standard InChI is InChI=1S/C16H28ClN5O/c1-5-18-16(19-9-15-12-20(2)6-7-23-15)22(4)11-14-8-13(17)10-21(14)3/h8,10,15H,5-7,9,11-12H2,1-4H3,(H,18,19). The van der Waals surface area contributed by atoms with E-state index in [0.29, 0.717) is 6.54 Å². The lowest BCUT2D eigenvalue weighted by molar-refractivity contribution is -0.0137. The number of hydrogen-bond acceptors (Lipinski definition) is 3. The van der Waals surface area contributed by atoms with E-state index >= 15 is 0 Å². The largest absolute Gasteiger partial charge is 0.374 e. The summed E-state index contributed by atoms with van der Waals surface area (Å²) in [4.78, 5) is 9.14. The minimum Gasteiger partial charge on any atom is -0.374 e. The van der Waals surface area contributed by atoms with Gasteiger partial charge in [-0.3, -0.25) is 4.99 Å². The Bertz CT molecular complexity index is 531. The summed E-state index contributed by atoms with van der Waals surface area (Å²) in [5, 5.41) is 4.10. The molecule has 1 aromatic heterocycles. The molecule has 0 radical (unpaired) electrons. The van der Waals surface area contributed by atoms with Crippen LogP contribution in [0, 0.1) is 0 Å². The van der Waals surface area contributed by atoms with Crippen molar-refractivity contribution in [2.24, 2.45) is 12.0 Å². The van der Waals surface area contributed by atoms with Gasteiger partial charge in [0.15, 0.2) is 5.96 Å². The first-order chi connectivity index (χ1) is 11.0. The number of likely N-dealkylation sites (N-methyl/N-ethyl adjacent to an activating group) is 1. The fraction of sp³-hybridized carbons (Fsp3) is 0.688. The lowest BCUT2D eigenvalue weighted by Gasteiger charge is -2.29. The van der Waals surface area contributed by atoms with E-state index in [9.17, 15) is 0 Å². The Kier molecular flexibility index (Phi) is 6.74. The number of aromatic nitrogens is 1. The van der Waals surface area contributed by atoms with E-state index in [1.54, 1.807) is 0 Å². The van der Waals surface area contributed by atoms with Crippen molar-refractivity contribution in [3.63, 3.8) is 0 Å². The molecule has 1 N–H and O–H groups in total. The van der Waals surface area contributed by atoms with Gasteiger partial charge in [-0.15, -0.1) is 0 Å². The zero-order valence-electron chi connectivity index (χ0n) is 14.5. The normalized spacial score (nSPS) is 19.9. The highest BCUT2D eigenvalue weighted by Gasteiger charge is 2.18. The van der Waals surface area contributed by atoms with Crippen molar-refractivity contribution < 1.29 is 4.74 Å². The summed E-state index contributed by atoms with van der Waals surface area (Å²) in [6, 6.07) is 1.99. The maximum absolute atomic E-state index is 6.06. The smallest absolute Gasteiger partial charge is 0.194 e. The van der Waals surface area contributed by atoms with Crippen LogP contribution in [0.2, 0.25) is 5.02 Å². The molecule has 0 aromatic carbocycles. The molecule has 0 amide bonds. The van der Waals surface area contributed by atoms with E-state index in [0.717, 1.165) is 49.5 Å². The van der Waals surface area contributed by atoms with Crippen LogP contribution in [-0.4, -0.2) is 73.3 Å². The lowest BCUT2D eigenvalue weighted by atomic mass is 10.3. The minimum atomic E-state index is 0.167. The molecule has 0 bridgehead atoms. The van der Waals surface area contributed by atoms with E-state index in [-0.39, 0.29) is 6.10 Å². The highest BCUT2D eigenvalue weighted by molar-refractivity contribution is 6.30. The molecule has 0 spiro atoms. The van der Waals surface area contributed by atoms with Crippen molar-refractivity contribution in [2.45, 2.75) is 19.6 Å². The Morgan fingerprint density at radius 2 is 2.30 bits per heavy atom. The van der Waals surface area contributed by atoms with Crippen LogP contribution in [-0.2, 0) is 18.3 Å². The molecular formula is C16H28ClN5O. The van der Waals surface area contributed by atoms with Crippen molar-refractivity contribution in [3.8, 4) is 0 Å². The van der Waals surface area contributed by atoms with Crippen molar-refractivity contribution in [2.75, 3.05) is 46.9 Å². The number of aliphatic imine (C=N–C) groups is 1. The molecule has 0 aliphatic carbocycles. The van der Waals surface area contributed by atoms with Gasteiger partial charge in [0.1, 0.15) is 0 Å². The highest BCUT2D eigenvalue weighted by Crippen LogP contribution is 2.14. The number of aryl methyl sites for hydroxylation is 1. The molecule has 6 nitrogen and oxygen atoms in total. The average molecular weight is 342 g/mol. The van der Waals surface area contributed by atoms with Crippen LogP contribution in [0.15, 0.2) is 17.3 Å². The molecule has 0 saturated carbocycles. The molecule has 2 heterocycles. The first kappa shape index (κ1) is 18.1. The Morgan fingerprint density at radius 1 is 1.52 bits per heavy atom. The van der Waals surface area contributed by atoms with E-state index < -0.39 is 0 Å². The van der Waals surface area contributed by atoms with E-state index in [1.807, 2.05) is 30.9 Å². The van der Waals surface area contributed by atoms with E-state index in [4.69, 9.17) is 21.3 Å². The van der Waals surface area contributed by atoms with Gasteiger partial charge in [-0.1, -0.05) is 11.6 Å². The summed E-state index contributed by atoms with van der Waals surface area (Å²) in [5.41, 5.74) is 1.15. The molecular weight excluding hydrogens is 314 g/mol.